The maximum absolute atomic E-state index is 12.4. The van der Waals surface area contributed by atoms with Crippen molar-refractivity contribution in [2.75, 3.05) is 0 Å². The summed E-state index contributed by atoms with van der Waals surface area (Å²) in [5.74, 6) is 0. The highest BCUT2D eigenvalue weighted by Crippen LogP contribution is 2.25. The van der Waals surface area contributed by atoms with Crippen molar-refractivity contribution in [3.05, 3.63) is 92.8 Å². The van der Waals surface area contributed by atoms with Crippen molar-refractivity contribution in [1.82, 2.24) is 0 Å². The standard InChI is InChI=1S/C22H17ClO2/c1-14-6-11-21-18(12-14)17-10-8-15(13-19(17)22(24)25-21)7-9-16-4-2-3-5-20(16)23/h2-6,8,10-13H,7,9H2,1H3. The Morgan fingerprint density at radius 1 is 0.880 bits per heavy atom. The number of benzene rings is 3. The molecule has 1 aromatic heterocycles. The summed E-state index contributed by atoms with van der Waals surface area (Å²) in [6, 6.07) is 19.8. The molecule has 3 aromatic carbocycles. The minimum atomic E-state index is -0.286. The van der Waals surface area contributed by atoms with E-state index in [0.29, 0.717) is 11.0 Å². The van der Waals surface area contributed by atoms with E-state index in [1.54, 1.807) is 0 Å². The second kappa shape index (κ2) is 6.38. The highest BCUT2D eigenvalue weighted by molar-refractivity contribution is 6.31. The van der Waals surface area contributed by atoms with Gasteiger partial charge >= 0.3 is 5.63 Å². The third-order valence-corrected chi connectivity index (χ3v) is 4.94. The second-order valence-corrected chi connectivity index (χ2v) is 6.77. The lowest BCUT2D eigenvalue weighted by atomic mass is 10.00. The molecule has 25 heavy (non-hydrogen) atoms. The van der Waals surface area contributed by atoms with Crippen molar-refractivity contribution >= 4 is 33.3 Å². The quantitative estimate of drug-likeness (QED) is 0.351. The summed E-state index contributed by atoms with van der Waals surface area (Å²) < 4.78 is 5.49. The fraction of sp³-hybridized carbons (Fsp3) is 0.136. The monoisotopic (exact) mass is 348 g/mol. The van der Waals surface area contributed by atoms with Gasteiger partial charge in [0.25, 0.3) is 0 Å². The number of hydrogen-bond donors (Lipinski definition) is 0. The Balaban J connectivity index is 1.75. The van der Waals surface area contributed by atoms with Crippen LogP contribution in [0, 0.1) is 6.92 Å². The van der Waals surface area contributed by atoms with Crippen LogP contribution in [-0.4, -0.2) is 0 Å². The van der Waals surface area contributed by atoms with Crippen molar-refractivity contribution in [2.24, 2.45) is 0 Å². The number of halogens is 1. The molecule has 2 nitrogen and oxygen atoms in total. The van der Waals surface area contributed by atoms with Crippen molar-refractivity contribution < 1.29 is 4.42 Å². The molecule has 0 N–H and O–H groups in total. The van der Waals surface area contributed by atoms with E-state index in [-0.39, 0.29) is 5.63 Å². The van der Waals surface area contributed by atoms with Crippen molar-refractivity contribution in [3.8, 4) is 0 Å². The lowest BCUT2D eigenvalue weighted by Gasteiger charge is -2.07. The Morgan fingerprint density at radius 3 is 2.56 bits per heavy atom. The molecule has 0 aliphatic heterocycles. The summed E-state index contributed by atoms with van der Waals surface area (Å²) in [5.41, 5.74) is 3.71. The van der Waals surface area contributed by atoms with Crippen LogP contribution in [0.3, 0.4) is 0 Å². The molecule has 0 spiro atoms. The zero-order chi connectivity index (χ0) is 17.4. The summed E-state index contributed by atoms with van der Waals surface area (Å²) in [6.07, 6.45) is 1.66. The molecule has 0 radical (unpaired) electrons. The lowest BCUT2D eigenvalue weighted by molar-refractivity contribution is 0.569. The Bertz CT molecular complexity index is 1140. The predicted molar refractivity (Wildman–Crippen MR) is 104 cm³/mol. The van der Waals surface area contributed by atoms with E-state index in [9.17, 15) is 4.79 Å². The summed E-state index contributed by atoms with van der Waals surface area (Å²) in [7, 11) is 0. The van der Waals surface area contributed by atoms with Crippen LogP contribution in [0.2, 0.25) is 5.02 Å². The number of fused-ring (bicyclic) bond motifs is 3. The zero-order valence-electron chi connectivity index (χ0n) is 13.9. The van der Waals surface area contributed by atoms with E-state index < -0.39 is 0 Å². The van der Waals surface area contributed by atoms with E-state index in [2.05, 4.69) is 12.1 Å². The first-order valence-corrected chi connectivity index (χ1v) is 8.69. The topological polar surface area (TPSA) is 30.2 Å². The molecule has 0 fully saturated rings. The maximum Gasteiger partial charge on any atom is 0.344 e. The van der Waals surface area contributed by atoms with Gasteiger partial charge in [-0.05, 0) is 60.5 Å². The van der Waals surface area contributed by atoms with Crippen LogP contribution in [0.25, 0.3) is 21.7 Å². The maximum atomic E-state index is 12.4. The molecule has 3 heteroatoms. The first-order valence-electron chi connectivity index (χ1n) is 8.31. The summed E-state index contributed by atoms with van der Waals surface area (Å²) in [5, 5.41) is 3.34. The Hall–Kier alpha value is -2.58. The van der Waals surface area contributed by atoms with Gasteiger partial charge in [-0.1, -0.05) is 53.6 Å². The predicted octanol–water partition coefficient (Wildman–Crippen LogP) is 5.69. The van der Waals surface area contributed by atoms with E-state index >= 15 is 0 Å². The highest BCUT2D eigenvalue weighted by atomic mass is 35.5. The Morgan fingerprint density at radius 2 is 1.72 bits per heavy atom. The molecule has 0 amide bonds. The van der Waals surface area contributed by atoms with Crippen molar-refractivity contribution in [3.63, 3.8) is 0 Å². The zero-order valence-corrected chi connectivity index (χ0v) is 14.6. The van der Waals surface area contributed by atoms with Gasteiger partial charge in [0.2, 0.25) is 0 Å². The summed E-state index contributed by atoms with van der Waals surface area (Å²) >= 11 is 6.23. The van der Waals surface area contributed by atoms with Gasteiger partial charge in [-0.25, -0.2) is 4.79 Å². The SMILES string of the molecule is Cc1ccc2oc(=O)c3cc(CCc4ccccc4Cl)ccc3c2c1. The van der Waals surface area contributed by atoms with E-state index in [4.69, 9.17) is 16.0 Å². The van der Waals surface area contributed by atoms with Gasteiger partial charge in [0, 0.05) is 10.4 Å². The average molecular weight is 349 g/mol. The van der Waals surface area contributed by atoms with Gasteiger partial charge in [0.15, 0.2) is 0 Å². The first kappa shape index (κ1) is 15.9. The van der Waals surface area contributed by atoms with Gasteiger partial charge in [-0.3, -0.25) is 0 Å². The molecule has 124 valence electrons. The first-order chi connectivity index (χ1) is 12.1. The minimum Gasteiger partial charge on any atom is -0.422 e. The number of hydrogen-bond acceptors (Lipinski definition) is 2. The molecular weight excluding hydrogens is 332 g/mol. The van der Waals surface area contributed by atoms with Crippen LogP contribution in [-0.2, 0) is 12.8 Å². The third-order valence-electron chi connectivity index (χ3n) is 4.57. The molecule has 4 aromatic rings. The molecule has 0 unspecified atom stereocenters. The Labute approximate surface area is 150 Å². The van der Waals surface area contributed by atoms with Crippen LogP contribution < -0.4 is 5.63 Å². The van der Waals surface area contributed by atoms with Crippen LogP contribution in [0.1, 0.15) is 16.7 Å². The average Bonchev–Trinajstić information content (AvgIpc) is 2.62. The van der Waals surface area contributed by atoms with Gasteiger partial charge in [0.1, 0.15) is 5.58 Å². The van der Waals surface area contributed by atoms with E-state index in [0.717, 1.165) is 45.3 Å². The summed E-state index contributed by atoms with van der Waals surface area (Å²) in [4.78, 5) is 12.4. The normalized spacial score (nSPS) is 11.3. The van der Waals surface area contributed by atoms with Gasteiger partial charge < -0.3 is 4.42 Å². The molecule has 1 heterocycles. The second-order valence-electron chi connectivity index (χ2n) is 6.36. The third kappa shape index (κ3) is 3.06. The molecule has 0 aliphatic rings. The molecule has 0 atom stereocenters. The molecule has 0 saturated heterocycles. The molecular formula is C22H17ClO2. The van der Waals surface area contributed by atoms with E-state index in [1.165, 1.54) is 0 Å². The highest BCUT2D eigenvalue weighted by Gasteiger charge is 2.09. The molecule has 0 bridgehead atoms. The van der Waals surface area contributed by atoms with Gasteiger partial charge in [-0.15, -0.1) is 0 Å². The molecule has 4 rings (SSSR count). The van der Waals surface area contributed by atoms with Gasteiger partial charge in [-0.2, -0.15) is 0 Å². The molecule has 0 saturated carbocycles. The number of aryl methyl sites for hydroxylation is 3. The van der Waals surface area contributed by atoms with Crippen molar-refractivity contribution in [2.45, 2.75) is 19.8 Å². The lowest BCUT2D eigenvalue weighted by Crippen LogP contribution is -2.01. The largest absolute Gasteiger partial charge is 0.422 e. The van der Waals surface area contributed by atoms with Gasteiger partial charge in [0.05, 0.1) is 5.39 Å². The fourth-order valence-corrected chi connectivity index (χ4v) is 3.46. The van der Waals surface area contributed by atoms with Crippen LogP contribution in [0.15, 0.2) is 69.9 Å². The number of rotatable bonds is 3. The van der Waals surface area contributed by atoms with Crippen LogP contribution in [0.5, 0.6) is 0 Å². The van der Waals surface area contributed by atoms with E-state index in [1.807, 2.05) is 55.5 Å². The van der Waals surface area contributed by atoms with Crippen LogP contribution >= 0.6 is 11.6 Å². The summed E-state index contributed by atoms with van der Waals surface area (Å²) in [6.45, 7) is 2.04. The smallest absolute Gasteiger partial charge is 0.344 e. The fourth-order valence-electron chi connectivity index (χ4n) is 3.23. The Kier molecular flexibility index (Phi) is 4.06. The van der Waals surface area contributed by atoms with Crippen LogP contribution in [0.4, 0.5) is 0 Å². The molecule has 0 aliphatic carbocycles. The van der Waals surface area contributed by atoms with Crippen molar-refractivity contribution in [1.29, 1.82) is 0 Å². The minimum absolute atomic E-state index is 0.286.